The van der Waals surface area contributed by atoms with Crippen LogP contribution in [0.15, 0.2) is 54.6 Å². The van der Waals surface area contributed by atoms with Crippen LogP contribution in [-0.4, -0.2) is 66.0 Å². The molecule has 0 spiro atoms. The number of rotatable bonds is 11. The zero-order valence-corrected chi connectivity index (χ0v) is 19.3. The van der Waals surface area contributed by atoms with Gasteiger partial charge in [0.2, 0.25) is 11.8 Å². The summed E-state index contributed by atoms with van der Waals surface area (Å²) < 4.78 is 0. The molecule has 0 aliphatic carbocycles. The van der Waals surface area contributed by atoms with Gasteiger partial charge in [-0.1, -0.05) is 54.6 Å². The number of likely N-dealkylation sites (tertiary alicyclic amines) is 1. The molecule has 0 radical (unpaired) electrons. The summed E-state index contributed by atoms with van der Waals surface area (Å²) in [6.45, 7) is 2.57. The van der Waals surface area contributed by atoms with E-state index in [9.17, 15) is 14.7 Å². The van der Waals surface area contributed by atoms with E-state index in [1.54, 1.807) is 24.3 Å². The molecule has 9 nitrogen and oxygen atoms in total. The zero-order chi connectivity index (χ0) is 24.3. The highest BCUT2D eigenvalue weighted by atomic mass is 16.3. The van der Waals surface area contributed by atoms with Crippen molar-refractivity contribution in [2.75, 3.05) is 26.2 Å². The van der Waals surface area contributed by atoms with Crippen LogP contribution in [-0.2, 0) is 22.7 Å². The van der Waals surface area contributed by atoms with Crippen molar-refractivity contribution in [2.45, 2.75) is 38.0 Å². The molecule has 1 saturated heterocycles. The number of piperidine rings is 1. The summed E-state index contributed by atoms with van der Waals surface area (Å²) in [6.07, 6.45) is 1.74. The molecular formula is C25H34N6O3. The topological polar surface area (TPSA) is 144 Å². The first-order valence-corrected chi connectivity index (χ1v) is 11.6. The molecule has 2 amide bonds. The highest BCUT2D eigenvalue weighted by Gasteiger charge is 2.22. The molecule has 0 saturated carbocycles. The molecule has 0 bridgehead atoms. The molecule has 0 aromatic heterocycles. The molecule has 182 valence electrons. The predicted octanol–water partition coefficient (Wildman–Crippen LogP) is 0.318. The minimum absolute atomic E-state index is 0.0110. The highest BCUT2D eigenvalue weighted by molar-refractivity contribution is 5.94. The van der Waals surface area contributed by atoms with Gasteiger partial charge in [0.15, 0.2) is 0 Å². The molecule has 7 N–H and O–H groups in total. The van der Waals surface area contributed by atoms with Crippen LogP contribution < -0.4 is 21.7 Å². The lowest BCUT2D eigenvalue weighted by atomic mass is 10.0. The molecule has 1 aliphatic rings. The number of nitrogen functional groups attached to an aromatic ring is 1. The molecule has 3 rings (SSSR count). The minimum Gasteiger partial charge on any atom is -0.394 e. The third kappa shape index (κ3) is 7.95. The Balaban J connectivity index is 1.34. The summed E-state index contributed by atoms with van der Waals surface area (Å²) >= 11 is 0. The Morgan fingerprint density at radius 2 is 1.74 bits per heavy atom. The number of carbonyl (C=O) groups is 2. The van der Waals surface area contributed by atoms with Crippen LogP contribution in [0.3, 0.4) is 0 Å². The summed E-state index contributed by atoms with van der Waals surface area (Å²) in [5.41, 5.74) is 8.23. The van der Waals surface area contributed by atoms with Crippen molar-refractivity contribution in [3.63, 3.8) is 0 Å². The Bertz CT molecular complexity index is 943. The number of benzene rings is 2. The van der Waals surface area contributed by atoms with Crippen LogP contribution >= 0.6 is 0 Å². The van der Waals surface area contributed by atoms with Gasteiger partial charge in [0.05, 0.1) is 13.2 Å². The van der Waals surface area contributed by atoms with Gasteiger partial charge in [0.1, 0.15) is 11.9 Å². The van der Waals surface area contributed by atoms with Crippen LogP contribution in [0.4, 0.5) is 0 Å². The fraction of sp³-hybridized carbons (Fsp3) is 0.400. The Morgan fingerprint density at radius 1 is 1.06 bits per heavy atom. The van der Waals surface area contributed by atoms with E-state index in [1.807, 2.05) is 18.2 Å². The number of nitrogens with one attached hydrogen (secondary N) is 4. The predicted molar refractivity (Wildman–Crippen MR) is 131 cm³/mol. The molecule has 9 heteroatoms. The maximum atomic E-state index is 12.4. The van der Waals surface area contributed by atoms with Crippen molar-refractivity contribution >= 4 is 17.6 Å². The third-order valence-electron chi connectivity index (χ3n) is 5.94. The standard InChI is InChI=1S/C25H34N6O3/c26-24(27)20-8-6-18(7-9-20)14-28-22(17-32)25(34)29-15-23(33)30-21-10-12-31(13-11-21)16-19-4-2-1-3-5-19/h1-9,21-22,28,32H,10-17H2,(H3,26,27)(H,29,34)(H,30,33). The summed E-state index contributed by atoms with van der Waals surface area (Å²) in [6, 6.07) is 16.7. The van der Waals surface area contributed by atoms with Gasteiger partial charge in [-0.2, -0.15) is 0 Å². The lowest BCUT2D eigenvalue weighted by Gasteiger charge is -2.32. The SMILES string of the molecule is N=C(N)c1ccc(CNC(CO)C(=O)NCC(=O)NC2CCN(Cc3ccccc3)CC2)cc1. The van der Waals surface area contributed by atoms with Gasteiger partial charge in [-0.3, -0.25) is 25.2 Å². The van der Waals surface area contributed by atoms with E-state index >= 15 is 0 Å². The molecule has 1 unspecified atom stereocenters. The zero-order valence-electron chi connectivity index (χ0n) is 19.3. The van der Waals surface area contributed by atoms with Gasteiger partial charge in [0.25, 0.3) is 0 Å². The largest absolute Gasteiger partial charge is 0.394 e. The van der Waals surface area contributed by atoms with Gasteiger partial charge < -0.3 is 21.5 Å². The van der Waals surface area contributed by atoms with Crippen LogP contribution in [0.5, 0.6) is 0 Å². The number of aliphatic hydroxyl groups excluding tert-OH is 1. The normalized spacial score (nSPS) is 15.4. The van der Waals surface area contributed by atoms with Crippen molar-refractivity contribution in [1.29, 1.82) is 5.41 Å². The second-order valence-corrected chi connectivity index (χ2v) is 8.55. The Kier molecular flexibility index (Phi) is 9.57. The van der Waals surface area contributed by atoms with E-state index in [0.717, 1.165) is 38.0 Å². The first-order valence-electron chi connectivity index (χ1n) is 11.6. The number of aliphatic hydroxyl groups is 1. The lowest BCUT2D eigenvalue weighted by Crippen LogP contribution is -2.51. The Hall–Kier alpha value is -3.27. The van der Waals surface area contributed by atoms with E-state index in [4.69, 9.17) is 11.1 Å². The number of hydrogen-bond acceptors (Lipinski definition) is 6. The van der Waals surface area contributed by atoms with Crippen LogP contribution in [0, 0.1) is 5.41 Å². The highest BCUT2D eigenvalue weighted by Crippen LogP contribution is 2.13. The summed E-state index contributed by atoms with van der Waals surface area (Å²) in [5.74, 6) is -0.676. The Morgan fingerprint density at radius 3 is 2.35 bits per heavy atom. The summed E-state index contributed by atoms with van der Waals surface area (Å²) in [4.78, 5) is 27.1. The second kappa shape index (κ2) is 12.8. The number of amidine groups is 1. The first kappa shape index (κ1) is 25.4. The average Bonchev–Trinajstić information content (AvgIpc) is 2.85. The molecule has 2 aromatic rings. The van der Waals surface area contributed by atoms with Gasteiger partial charge >= 0.3 is 0 Å². The first-order chi connectivity index (χ1) is 16.4. The summed E-state index contributed by atoms with van der Waals surface area (Å²) in [7, 11) is 0. The van der Waals surface area contributed by atoms with Crippen LogP contribution in [0.1, 0.15) is 29.5 Å². The Labute approximate surface area is 200 Å². The third-order valence-corrected chi connectivity index (χ3v) is 5.94. The number of carbonyl (C=O) groups excluding carboxylic acids is 2. The number of nitrogens with zero attached hydrogens (tertiary/aromatic N) is 1. The van der Waals surface area contributed by atoms with Crippen LogP contribution in [0.25, 0.3) is 0 Å². The maximum absolute atomic E-state index is 12.4. The molecular weight excluding hydrogens is 432 g/mol. The fourth-order valence-corrected chi connectivity index (χ4v) is 3.93. The maximum Gasteiger partial charge on any atom is 0.239 e. The van der Waals surface area contributed by atoms with Gasteiger partial charge in [0, 0.05) is 37.8 Å². The van der Waals surface area contributed by atoms with E-state index < -0.39 is 18.6 Å². The summed E-state index contributed by atoms with van der Waals surface area (Å²) in [5, 5.41) is 25.6. The minimum atomic E-state index is -0.832. The lowest BCUT2D eigenvalue weighted by molar-refractivity contribution is -0.128. The van der Waals surface area contributed by atoms with Crippen LogP contribution in [0.2, 0.25) is 0 Å². The van der Waals surface area contributed by atoms with E-state index in [1.165, 1.54) is 5.56 Å². The van der Waals surface area contributed by atoms with Crippen molar-refractivity contribution in [3.8, 4) is 0 Å². The molecule has 1 atom stereocenters. The fourth-order valence-electron chi connectivity index (χ4n) is 3.93. The molecule has 34 heavy (non-hydrogen) atoms. The number of nitrogens with two attached hydrogens (primary N) is 1. The molecule has 1 heterocycles. The number of amides is 2. The van der Waals surface area contributed by atoms with Gasteiger partial charge in [-0.25, -0.2) is 0 Å². The number of hydrogen-bond donors (Lipinski definition) is 6. The van der Waals surface area contributed by atoms with E-state index in [2.05, 4.69) is 33.0 Å². The second-order valence-electron chi connectivity index (χ2n) is 8.55. The van der Waals surface area contributed by atoms with Crippen molar-refractivity contribution in [1.82, 2.24) is 20.9 Å². The van der Waals surface area contributed by atoms with Gasteiger partial charge in [-0.05, 0) is 24.0 Å². The average molecular weight is 467 g/mol. The van der Waals surface area contributed by atoms with Crippen molar-refractivity contribution in [2.24, 2.45) is 5.73 Å². The quantitative estimate of drug-likeness (QED) is 0.208. The molecule has 1 aliphatic heterocycles. The van der Waals surface area contributed by atoms with E-state index in [-0.39, 0.29) is 24.3 Å². The smallest absolute Gasteiger partial charge is 0.239 e. The van der Waals surface area contributed by atoms with Gasteiger partial charge in [-0.15, -0.1) is 0 Å². The van der Waals surface area contributed by atoms with Crippen molar-refractivity contribution in [3.05, 3.63) is 71.3 Å². The monoisotopic (exact) mass is 466 g/mol. The van der Waals surface area contributed by atoms with Crippen molar-refractivity contribution < 1.29 is 14.7 Å². The van der Waals surface area contributed by atoms with E-state index in [0.29, 0.717) is 12.1 Å². The molecule has 1 fully saturated rings. The molecule has 2 aromatic carbocycles.